The van der Waals surface area contributed by atoms with Gasteiger partial charge in [0.15, 0.2) is 5.16 Å². The van der Waals surface area contributed by atoms with Gasteiger partial charge in [0.2, 0.25) is 0 Å². The van der Waals surface area contributed by atoms with Gasteiger partial charge in [-0.2, -0.15) is 5.26 Å². The average molecular weight is 214 g/mol. The summed E-state index contributed by atoms with van der Waals surface area (Å²) in [5.74, 6) is 0. The van der Waals surface area contributed by atoms with Gasteiger partial charge in [0.1, 0.15) is 11.8 Å². The molecule has 0 unspecified atom stereocenters. The molecule has 0 spiro atoms. The Bertz CT molecular complexity index is 475. The molecule has 0 amide bonds. The monoisotopic (exact) mass is 214 g/mol. The molecule has 2 aromatic rings. The van der Waals surface area contributed by atoms with Crippen LogP contribution in [-0.4, -0.2) is 15.0 Å². The van der Waals surface area contributed by atoms with E-state index >= 15 is 0 Å². The molecule has 0 aliphatic carbocycles. The van der Waals surface area contributed by atoms with Crippen molar-refractivity contribution in [1.29, 1.82) is 5.26 Å². The van der Waals surface area contributed by atoms with Crippen LogP contribution in [0.15, 0.2) is 46.8 Å². The second-order valence-electron chi connectivity index (χ2n) is 2.62. The van der Waals surface area contributed by atoms with E-state index in [1.165, 1.54) is 11.8 Å². The topological polar surface area (TPSA) is 62.5 Å². The summed E-state index contributed by atoms with van der Waals surface area (Å²) in [6, 6.07) is 7.23. The summed E-state index contributed by atoms with van der Waals surface area (Å²) < 4.78 is 0. The van der Waals surface area contributed by atoms with Crippen LogP contribution in [0.5, 0.6) is 0 Å². The molecule has 5 heteroatoms. The van der Waals surface area contributed by atoms with Crippen LogP contribution < -0.4 is 0 Å². The quantitative estimate of drug-likeness (QED) is 0.714. The molecule has 0 N–H and O–H groups in total. The fourth-order valence-corrected chi connectivity index (χ4v) is 1.63. The minimum Gasteiger partial charge on any atom is -0.244 e. The molecule has 0 aromatic carbocycles. The van der Waals surface area contributed by atoms with E-state index in [1.807, 2.05) is 12.1 Å². The third kappa shape index (κ3) is 2.51. The first kappa shape index (κ1) is 9.62. The number of nitriles is 1. The molecule has 2 heterocycles. The minimum atomic E-state index is 0.410. The minimum absolute atomic E-state index is 0.410. The predicted octanol–water partition coefficient (Wildman–Crippen LogP) is 1.89. The number of hydrogen-bond donors (Lipinski definition) is 0. The lowest BCUT2D eigenvalue weighted by Gasteiger charge is -1.97. The molecule has 0 saturated heterocycles. The molecule has 15 heavy (non-hydrogen) atoms. The molecule has 2 rings (SSSR count). The van der Waals surface area contributed by atoms with E-state index in [0.29, 0.717) is 10.9 Å². The highest BCUT2D eigenvalue weighted by atomic mass is 32.2. The highest BCUT2D eigenvalue weighted by Crippen LogP contribution is 2.22. The summed E-state index contributed by atoms with van der Waals surface area (Å²) in [7, 11) is 0. The zero-order valence-electron chi connectivity index (χ0n) is 7.66. The van der Waals surface area contributed by atoms with E-state index in [4.69, 9.17) is 5.26 Å². The summed E-state index contributed by atoms with van der Waals surface area (Å²) in [5, 5.41) is 9.24. The Labute approximate surface area is 91.0 Å². The van der Waals surface area contributed by atoms with Gasteiger partial charge in [0.05, 0.1) is 0 Å². The SMILES string of the molecule is N#Cc1ccc(Sc2ncccn2)cn1. The van der Waals surface area contributed by atoms with Crippen molar-refractivity contribution in [1.82, 2.24) is 15.0 Å². The third-order valence-corrected chi connectivity index (χ3v) is 2.47. The molecular weight excluding hydrogens is 208 g/mol. The number of aromatic nitrogens is 3. The van der Waals surface area contributed by atoms with Crippen molar-refractivity contribution in [3.8, 4) is 6.07 Å². The van der Waals surface area contributed by atoms with Gasteiger partial charge in [0, 0.05) is 23.5 Å². The maximum absolute atomic E-state index is 8.57. The number of nitrogens with zero attached hydrogens (tertiary/aromatic N) is 4. The Morgan fingerprint density at radius 2 is 1.93 bits per heavy atom. The Morgan fingerprint density at radius 3 is 2.53 bits per heavy atom. The number of rotatable bonds is 2. The van der Waals surface area contributed by atoms with Crippen LogP contribution in [0.4, 0.5) is 0 Å². The zero-order valence-corrected chi connectivity index (χ0v) is 8.48. The van der Waals surface area contributed by atoms with Crippen molar-refractivity contribution < 1.29 is 0 Å². The Hall–Kier alpha value is -1.93. The zero-order chi connectivity index (χ0) is 10.5. The normalized spacial score (nSPS) is 9.53. The summed E-state index contributed by atoms with van der Waals surface area (Å²) in [6.45, 7) is 0. The highest BCUT2D eigenvalue weighted by molar-refractivity contribution is 7.99. The maximum atomic E-state index is 8.57. The first-order valence-electron chi connectivity index (χ1n) is 4.19. The molecule has 0 aliphatic heterocycles. The van der Waals surface area contributed by atoms with E-state index in [1.54, 1.807) is 30.7 Å². The smallest absolute Gasteiger partial charge is 0.192 e. The van der Waals surface area contributed by atoms with Crippen LogP contribution >= 0.6 is 11.8 Å². The van der Waals surface area contributed by atoms with Gasteiger partial charge in [-0.25, -0.2) is 15.0 Å². The van der Waals surface area contributed by atoms with Crippen LogP contribution in [-0.2, 0) is 0 Å². The standard InChI is InChI=1S/C10H6N4S/c11-6-8-2-3-9(7-14-8)15-10-12-4-1-5-13-10/h1-5,7H. The Kier molecular flexibility index (Phi) is 2.90. The second-order valence-corrected chi connectivity index (χ2v) is 3.67. The fraction of sp³-hybridized carbons (Fsp3) is 0. The first-order valence-corrected chi connectivity index (χ1v) is 5.01. The average Bonchev–Trinajstić information content (AvgIpc) is 2.31. The second kappa shape index (κ2) is 4.53. The van der Waals surface area contributed by atoms with E-state index in [2.05, 4.69) is 15.0 Å². The van der Waals surface area contributed by atoms with Crippen molar-refractivity contribution in [2.24, 2.45) is 0 Å². The van der Waals surface area contributed by atoms with Gasteiger partial charge < -0.3 is 0 Å². The van der Waals surface area contributed by atoms with Crippen LogP contribution in [0.2, 0.25) is 0 Å². The van der Waals surface area contributed by atoms with E-state index in [0.717, 1.165) is 4.90 Å². The van der Waals surface area contributed by atoms with E-state index in [9.17, 15) is 0 Å². The molecule has 72 valence electrons. The van der Waals surface area contributed by atoms with Crippen LogP contribution in [0, 0.1) is 11.3 Å². The van der Waals surface area contributed by atoms with Gasteiger partial charge >= 0.3 is 0 Å². The molecule has 0 saturated carbocycles. The highest BCUT2D eigenvalue weighted by Gasteiger charge is 1.99. The molecule has 0 fully saturated rings. The Morgan fingerprint density at radius 1 is 1.13 bits per heavy atom. The van der Waals surface area contributed by atoms with E-state index < -0.39 is 0 Å². The summed E-state index contributed by atoms with van der Waals surface area (Å²) in [4.78, 5) is 13.0. The lowest BCUT2D eigenvalue weighted by Crippen LogP contribution is -1.85. The lowest BCUT2D eigenvalue weighted by atomic mass is 10.4. The maximum Gasteiger partial charge on any atom is 0.192 e. The molecule has 0 aliphatic rings. The molecule has 0 bridgehead atoms. The molecular formula is C10H6N4S. The fourth-order valence-electron chi connectivity index (χ4n) is 0.950. The molecule has 4 nitrogen and oxygen atoms in total. The van der Waals surface area contributed by atoms with Crippen molar-refractivity contribution in [2.75, 3.05) is 0 Å². The van der Waals surface area contributed by atoms with Gasteiger partial charge in [-0.1, -0.05) is 0 Å². The molecule has 2 aromatic heterocycles. The first-order chi connectivity index (χ1) is 7.38. The third-order valence-electron chi connectivity index (χ3n) is 1.60. The van der Waals surface area contributed by atoms with Gasteiger partial charge in [0.25, 0.3) is 0 Å². The van der Waals surface area contributed by atoms with Gasteiger partial charge in [-0.05, 0) is 30.0 Å². The van der Waals surface area contributed by atoms with Gasteiger partial charge in [-0.15, -0.1) is 0 Å². The van der Waals surface area contributed by atoms with Crippen molar-refractivity contribution in [2.45, 2.75) is 10.1 Å². The summed E-state index contributed by atoms with van der Waals surface area (Å²) in [5.41, 5.74) is 0.410. The predicted molar refractivity (Wildman–Crippen MR) is 55.1 cm³/mol. The van der Waals surface area contributed by atoms with Crippen molar-refractivity contribution in [3.05, 3.63) is 42.5 Å². The molecule has 0 radical (unpaired) electrons. The summed E-state index contributed by atoms with van der Waals surface area (Å²) in [6.07, 6.45) is 5.01. The van der Waals surface area contributed by atoms with Crippen molar-refractivity contribution in [3.63, 3.8) is 0 Å². The van der Waals surface area contributed by atoms with Crippen LogP contribution in [0.1, 0.15) is 5.69 Å². The number of hydrogen-bond acceptors (Lipinski definition) is 5. The largest absolute Gasteiger partial charge is 0.244 e. The lowest BCUT2D eigenvalue weighted by molar-refractivity contribution is 0.965. The van der Waals surface area contributed by atoms with E-state index in [-0.39, 0.29) is 0 Å². The summed E-state index contributed by atoms with van der Waals surface area (Å²) >= 11 is 1.41. The molecule has 0 atom stereocenters. The van der Waals surface area contributed by atoms with Crippen molar-refractivity contribution >= 4 is 11.8 Å². The Balaban J connectivity index is 2.16. The van der Waals surface area contributed by atoms with Gasteiger partial charge in [-0.3, -0.25) is 0 Å². The van der Waals surface area contributed by atoms with Crippen LogP contribution in [0.25, 0.3) is 0 Å². The number of pyridine rings is 1. The van der Waals surface area contributed by atoms with Crippen LogP contribution in [0.3, 0.4) is 0 Å².